The molecule has 0 atom stereocenters. The van der Waals surface area contributed by atoms with Crippen molar-refractivity contribution >= 4 is 11.6 Å². The highest BCUT2D eigenvalue weighted by molar-refractivity contribution is 5.79. The van der Waals surface area contributed by atoms with Gasteiger partial charge in [-0.2, -0.15) is 13.2 Å². The van der Waals surface area contributed by atoms with Crippen molar-refractivity contribution in [2.75, 3.05) is 31.1 Å². The van der Waals surface area contributed by atoms with Gasteiger partial charge in [0.25, 0.3) is 0 Å². The van der Waals surface area contributed by atoms with Gasteiger partial charge in [0.2, 0.25) is 5.91 Å². The molecule has 0 spiro atoms. The standard InChI is InChI=1S/C19H18F4N2O/c20-17-7-2-1-4-14(17)12-18(26)25-10-8-24(9-11-25)16-6-3-5-15(13-16)19(21,22)23/h1-7,13H,8-12H2. The predicted molar refractivity (Wildman–Crippen MR) is 90.3 cm³/mol. The Morgan fingerprint density at radius 1 is 0.962 bits per heavy atom. The van der Waals surface area contributed by atoms with Gasteiger partial charge in [0.15, 0.2) is 0 Å². The average molecular weight is 366 g/mol. The van der Waals surface area contributed by atoms with Crippen LogP contribution in [0.3, 0.4) is 0 Å². The molecule has 0 radical (unpaired) electrons. The number of amides is 1. The van der Waals surface area contributed by atoms with Gasteiger partial charge in [-0.25, -0.2) is 4.39 Å². The second kappa shape index (κ2) is 7.35. The van der Waals surface area contributed by atoms with Crippen molar-refractivity contribution in [2.24, 2.45) is 0 Å². The van der Waals surface area contributed by atoms with Crippen molar-refractivity contribution in [1.82, 2.24) is 4.90 Å². The Bertz CT molecular complexity index is 783. The van der Waals surface area contributed by atoms with Crippen molar-refractivity contribution < 1.29 is 22.4 Å². The van der Waals surface area contributed by atoms with Crippen LogP contribution in [0.5, 0.6) is 0 Å². The first-order valence-electron chi connectivity index (χ1n) is 8.28. The highest BCUT2D eigenvalue weighted by atomic mass is 19.4. The van der Waals surface area contributed by atoms with E-state index < -0.39 is 17.6 Å². The van der Waals surface area contributed by atoms with Crippen LogP contribution < -0.4 is 4.90 Å². The summed E-state index contributed by atoms with van der Waals surface area (Å²) in [7, 11) is 0. The molecule has 1 amide bonds. The van der Waals surface area contributed by atoms with Crippen LogP contribution in [0.2, 0.25) is 0 Å². The summed E-state index contributed by atoms with van der Waals surface area (Å²) in [6, 6.07) is 11.3. The molecule has 26 heavy (non-hydrogen) atoms. The minimum Gasteiger partial charge on any atom is -0.368 e. The van der Waals surface area contributed by atoms with E-state index in [0.717, 1.165) is 12.1 Å². The normalized spacial score (nSPS) is 15.2. The lowest BCUT2D eigenvalue weighted by molar-refractivity contribution is -0.137. The van der Waals surface area contributed by atoms with E-state index in [2.05, 4.69) is 0 Å². The van der Waals surface area contributed by atoms with E-state index in [4.69, 9.17) is 0 Å². The number of carbonyl (C=O) groups is 1. The zero-order valence-electron chi connectivity index (χ0n) is 14.0. The quantitative estimate of drug-likeness (QED) is 0.773. The molecule has 3 rings (SSSR count). The van der Waals surface area contributed by atoms with Gasteiger partial charge in [0.1, 0.15) is 5.82 Å². The highest BCUT2D eigenvalue weighted by Gasteiger charge is 2.31. The number of halogens is 4. The van der Waals surface area contributed by atoms with Gasteiger partial charge in [0.05, 0.1) is 12.0 Å². The minimum absolute atomic E-state index is 0.0176. The maximum absolute atomic E-state index is 13.7. The van der Waals surface area contributed by atoms with Crippen LogP contribution in [0, 0.1) is 5.82 Å². The summed E-state index contributed by atoms with van der Waals surface area (Å²) >= 11 is 0. The molecule has 0 N–H and O–H groups in total. The van der Waals surface area contributed by atoms with E-state index in [1.807, 2.05) is 4.90 Å². The lowest BCUT2D eigenvalue weighted by Gasteiger charge is -2.36. The van der Waals surface area contributed by atoms with Crippen LogP contribution in [0.1, 0.15) is 11.1 Å². The summed E-state index contributed by atoms with van der Waals surface area (Å²) in [5.41, 5.74) is 0.145. The van der Waals surface area contributed by atoms with Gasteiger partial charge in [-0.05, 0) is 29.8 Å². The molecule has 3 nitrogen and oxygen atoms in total. The van der Waals surface area contributed by atoms with Crippen molar-refractivity contribution in [3.8, 4) is 0 Å². The van der Waals surface area contributed by atoms with E-state index in [-0.39, 0.29) is 12.3 Å². The average Bonchev–Trinajstić information content (AvgIpc) is 2.63. The van der Waals surface area contributed by atoms with Crippen LogP contribution >= 0.6 is 0 Å². The van der Waals surface area contributed by atoms with Crippen molar-refractivity contribution in [1.29, 1.82) is 0 Å². The number of anilines is 1. The predicted octanol–water partition coefficient (Wildman–Crippen LogP) is 3.74. The number of hydrogen-bond donors (Lipinski definition) is 0. The Labute approximate surface area is 148 Å². The number of carbonyl (C=O) groups excluding carboxylic acids is 1. The molecular formula is C19H18F4N2O. The number of piperazine rings is 1. The molecule has 1 saturated heterocycles. The molecule has 1 fully saturated rings. The van der Waals surface area contributed by atoms with Gasteiger partial charge in [0, 0.05) is 31.9 Å². The SMILES string of the molecule is O=C(Cc1ccccc1F)N1CCN(c2cccc(C(F)(F)F)c2)CC1. The van der Waals surface area contributed by atoms with E-state index in [1.165, 1.54) is 12.1 Å². The molecule has 2 aromatic carbocycles. The second-order valence-electron chi connectivity index (χ2n) is 6.18. The number of alkyl halides is 3. The molecular weight excluding hydrogens is 348 g/mol. The van der Waals surface area contributed by atoms with Crippen LogP contribution in [-0.4, -0.2) is 37.0 Å². The molecule has 0 aliphatic carbocycles. The van der Waals surface area contributed by atoms with Gasteiger partial charge in [-0.3, -0.25) is 4.79 Å². The number of hydrogen-bond acceptors (Lipinski definition) is 2. The third-order valence-corrected chi connectivity index (χ3v) is 4.47. The molecule has 1 heterocycles. The first-order chi connectivity index (χ1) is 12.3. The number of rotatable bonds is 3. The summed E-state index contributed by atoms with van der Waals surface area (Å²) in [6.45, 7) is 1.65. The van der Waals surface area contributed by atoms with E-state index in [9.17, 15) is 22.4 Å². The van der Waals surface area contributed by atoms with Gasteiger partial charge < -0.3 is 9.80 Å². The van der Waals surface area contributed by atoms with Gasteiger partial charge in [-0.15, -0.1) is 0 Å². The minimum atomic E-state index is -4.38. The van der Waals surface area contributed by atoms with E-state index in [1.54, 1.807) is 29.2 Å². The summed E-state index contributed by atoms with van der Waals surface area (Å²) < 4.78 is 52.2. The largest absolute Gasteiger partial charge is 0.416 e. The molecule has 0 aromatic heterocycles. The number of nitrogens with zero attached hydrogens (tertiary/aromatic N) is 2. The Kier molecular flexibility index (Phi) is 5.15. The molecule has 1 aliphatic heterocycles. The Hall–Kier alpha value is -2.57. The van der Waals surface area contributed by atoms with Crippen LogP contribution in [0.25, 0.3) is 0 Å². The zero-order valence-corrected chi connectivity index (χ0v) is 14.0. The smallest absolute Gasteiger partial charge is 0.368 e. The molecule has 0 bridgehead atoms. The summed E-state index contributed by atoms with van der Waals surface area (Å²) in [6.07, 6.45) is -4.40. The van der Waals surface area contributed by atoms with E-state index >= 15 is 0 Å². The molecule has 138 valence electrons. The molecule has 7 heteroatoms. The van der Waals surface area contributed by atoms with E-state index in [0.29, 0.717) is 37.4 Å². The van der Waals surface area contributed by atoms with Gasteiger partial charge >= 0.3 is 6.18 Å². The maximum atomic E-state index is 13.7. The summed E-state index contributed by atoms with van der Waals surface area (Å²) in [4.78, 5) is 15.8. The van der Waals surface area contributed by atoms with Crippen LogP contribution in [-0.2, 0) is 17.4 Å². The monoisotopic (exact) mass is 366 g/mol. The third kappa shape index (κ3) is 4.15. The summed E-state index contributed by atoms with van der Waals surface area (Å²) in [5, 5.41) is 0. The topological polar surface area (TPSA) is 23.6 Å². The zero-order chi connectivity index (χ0) is 18.7. The summed E-state index contributed by atoms with van der Waals surface area (Å²) in [5.74, 6) is -0.595. The van der Waals surface area contributed by atoms with Crippen molar-refractivity contribution in [3.05, 3.63) is 65.5 Å². The first-order valence-corrected chi connectivity index (χ1v) is 8.28. The highest BCUT2D eigenvalue weighted by Crippen LogP contribution is 2.31. The number of benzene rings is 2. The molecule has 2 aromatic rings. The third-order valence-electron chi connectivity index (χ3n) is 4.47. The fraction of sp³-hybridized carbons (Fsp3) is 0.316. The molecule has 1 aliphatic rings. The first kappa shape index (κ1) is 18.2. The lowest BCUT2D eigenvalue weighted by atomic mass is 10.1. The van der Waals surface area contributed by atoms with Crippen molar-refractivity contribution in [2.45, 2.75) is 12.6 Å². The van der Waals surface area contributed by atoms with Gasteiger partial charge in [-0.1, -0.05) is 24.3 Å². The second-order valence-corrected chi connectivity index (χ2v) is 6.18. The Morgan fingerprint density at radius 3 is 2.31 bits per heavy atom. The van der Waals surface area contributed by atoms with Crippen LogP contribution in [0.15, 0.2) is 48.5 Å². The Morgan fingerprint density at radius 2 is 1.65 bits per heavy atom. The fourth-order valence-corrected chi connectivity index (χ4v) is 3.01. The van der Waals surface area contributed by atoms with Crippen LogP contribution in [0.4, 0.5) is 23.2 Å². The molecule has 0 unspecified atom stereocenters. The fourth-order valence-electron chi connectivity index (χ4n) is 3.01. The molecule has 0 saturated carbocycles. The van der Waals surface area contributed by atoms with Crippen molar-refractivity contribution in [3.63, 3.8) is 0 Å². The lowest BCUT2D eigenvalue weighted by Crippen LogP contribution is -2.49. The maximum Gasteiger partial charge on any atom is 0.416 e. The Balaban J connectivity index is 1.61.